The number of nitrogens with one attached hydrogen (secondary N) is 2. The Balaban J connectivity index is 2.49. The average Bonchev–Trinajstić information content (AvgIpc) is 2.29. The van der Waals surface area contributed by atoms with E-state index in [4.69, 9.17) is 16.3 Å². The van der Waals surface area contributed by atoms with Gasteiger partial charge in [0.1, 0.15) is 12.0 Å². The predicted molar refractivity (Wildman–Crippen MR) is 67.6 cm³/mol. The largest absolute Gasteiger partial charge is 0.391 e. The zero-order valence-corrected chi connectivity index (χ0v) is 10.7. The number of anilines is 2. The summed E-state index contributed by atoms with van der Waals surface area (Å²) >= 11 is 5.90. The van der Waals surface area contributed by atoms with Crippen LogP contribution in [0.5, 0.6) is 0 Å². The van der Waals surface area contributed by atoms with Crippen molar-refractivity contribution in [2.75, 3.05) is 37.9 Å². The van der Waals surface area contributed by atoms with Gasteiger partial charge in [0.05, 0.1) is 12.7 Å². The first-order valence-corrected chi connectivity index (χ1v) is 5.66. The first kappa shape index (κ1) is 14.0. The lowest BCUT2D eigenvalue weighted by atomic mass is 10.2. The molecule has 0 spiro atoms. The Kier molecular flexibility index (Phi) is 5.96. The molecule has 1 heterocycles. The number of hydrogen-bond donors (Lipinski definition) is 3. The van der Waals surface area contributed by atoms with E-state index < -0.39 is 6.10 Å². The third-order valence-corrected chi connectivity index (χ3v) is 2.47. The molecular formula is C10H17ClN4O2. The number of hydrogen-bond acceptors (Lipinski definition) is 6. The summed E-state index contributed by atoms with van der Waals surface area (Å²) in [4.78, 5) is 7.94. The zero-order valence-electron chi connectivity index (χ0n) is 9.90. The van der Waals surface area contributed by atoms with Gasteiger partial charge in [-0.3, -0.25) is 0 Å². The molecule has 0 aliphatic rings. The van der Waals surface area contributed by atoms with E-state index in [0.717, 1.165) is 0 Å². The Labute approximate surface area is 105 Å². The van der Waals surface area contributed by atoms with Crippen molar-refractivity contribution in [3.05, 3.63) is 11.5 Å². The highest BCUT2D eigenvalue weighted by Crippen LogP contribution is 2.25. The molecular weight excluding hydrogens is 244 g/mol. The SMILES string of the molecule is CNc1c(Cl)ncnc1NCCC(O)COC. The summed E-state index contributed by atoms with van der Waals surface area (Å²) in [6, 6.07) is 0. The maximum Gasteiger partial charge on any atom is 0.157 e. The van der Waals surface area contributed by atoms with E-state index in [9.17, 15) is 5.11 Å². The fourth-order valence-electron chi connectivity index (χ4n) is 1.35. The molecule has 0 saturated carbocycles. The molecule has 7 heteroatoms. The van der Waals surface area contributed by atoms with Gasteiger partial charge in [-0.1, -0.05) is 11.6 Å². The van der Waals surface area contributed by atoms with E-state index in [-0.39, 0.29) is 0 Å². The molecule has 0 aromatic carbocycles. The summed E-state index contributed by atoms with van der Waals surface area (Å²) in [5.74, 6) is 0.622. The first-order chi connectivity index (χ1) is 8.19. The fourth-order valence-corrected chi connectivity index (χ4v) is 1.58. The van der Waals surface area contributed by atoms with Crippen LogP contribution < -0.4 is 10.6 Å². The van der Waals surface area contributed by atoms with Crippen LogP contribution in [0.4, 0.5) is 11.5 Å². The highest BCUT2D eigenvalue weighted by atomic mass is 35.5. The van der Waals surface area contributed by atoms with Gasteiger partial charge >= 0.3 is 0 Å². The molecule has 1 aromatic heterocycles. The monoisotopic (exact) mass is 260 g/mol. The molecule has 0 aliphatic carbocycles. The number of aromatic nitrogens is 2. The molecule has 1 aromatic rings. The van der Waals surface area contributed by atoms with E-state index in [1.807, 2.05) is 0 Å². The van der Waals surface area contributed by atoms with E-state index in [2.05, 4.69) is 20.6 Å². The lowest BCUT2D eigenvalue weighted by Crippen LogP contribution is -2.19. The number of nitrogens with zero attached hydrogens (tertiary/aromatic N) is 2. The zero-order chi connectivity index (χ0) is 12.7. The van der Waals surface area contributed by atoms with Gasteiger partial charge in [0, 0.05) is 20.7 Å². The number of ether oxygens (including phenoxy) is 1. The summed E-state index contributed by atoms with van der Waals surface area (Å²) in [5.41, 5.74) is 0.649. The summed E-state index contributed by atoms with van der Waals surface area (Å²) < 4.78 is 4.83. The summed E-state index contributed by atoms with van der Waals surface area (Å²) in [6.07, 6.45) is 1.47. The summed E-state index contributed by atoms with van der Waals surface area (Å²) in [5, 5.41) is 15.8. The van der Waals surface area contributed by atoms with Crippen LogP contribution in [-0.4, -0.2) is 48.5 Å². The van der Waals surface area contributed by atoms with Crippen molar-refractivity contribution in [1.82, 2.24) is 9.97 Å². The molecule has 1 rings (SSSR count). The first-order valence-electron chi connectivity index (χ1n) is 5.28. The van der Waals surface area contributed by atoms with Gasteiger partial charge in [0.15, 0.2) is 11.0 Å². The topological polar surface area (TPSA) is 79.3 Å². The van der Waals surface area contributed by atoms with E-state index in [1.54, 1.807) is 14.2 Å². The molecule has 6 nitrogen and oxygen atoms in total. The van der Waals surface area contributed by atoms with Crippen LogP contribution in [0.2, 0.25) is 5.15 Å². The van der Waals surface area contributed by atoms with Crippen LogP contribution in [0.25, 0.3) is 0 Å². The third-order valence-electron chi connectivity index (χ3n) is 2.18. The number of aliphatic hydroxyl groups is 1. The highest BCUT2D eigenvalue weighted by Gasteiger charge is 2.08. The Morgan fingerprint density at radius 2 is 2.29 bits per heavy atom. The predicted octanol–water partition coefficient (Wildman–Crippen LogP) is 0.981. The minimum Gasteiger partial charge on any atom is -0.391 e. The van der Waals surface area contributed by atoms with Gasteiger partial charge in [-0.25, -0.2) is 9.97 Å². The van der Waals surface area contributed by atoms with Gasteiger partial charge in [-0.15, -0.1) is 0 Å². The smallest absolute Gasteiger partial charge is 0.157 e. The minimum atomic E-state index is -0.483. The fraction of sp³-hybridized carbons (Fsp3) is 0.600. The Hall–Kier alpha value is -1.11. The molecule has 1 unspecified atom stereocenters. The van der Waals surface area contributed by atoms with E-state index in [1.165, 1.54) is 6.33 Å². The molecule has 0 bridgehead atoms. The normalized spacial score (nSPS) is 12.2. The van der Waals surface area contributed by atoms with Gasteiger partial charge < -0.3 is 20.5 Å². The average molecular weight is 261 g/mol. The van der Waals surface area contributed by atoms with E-state index >= 15 is 0 Å². The Morgan fingerprint density at radius 3 is 2.94 bits per heavy atom. The second-order valence-corrected chi connectivity index (χ2v) is 3.82. The van der Waals surface area contributed by atoms with Crippen molar-refractivity contribution in [3.63, 3.8) is 0 Å². The van der Waals surface area contributed by atoms with Crippen LogP contribution in [0.3, 0.4) is 0 Å². The molecule has 3 N–H and O–H groups in total. The van der Waals surface area contributed by atoms with Gasteiger partial charge in [0.2, 0.25) is 0 Å². The Morgan fingerprint density at radius 1 is 1.53 bits per heavy atom. The number of methoxy groups -OCH3 is 1. The van der Waals surface area contributed by atoms with Crippen molar-refractivity contribution in [3.8, 4) is 0 Å². The quantitative estimate of drug-likeness (QED) is 0.635. The maximum absolute atomic E-state index is 9.47. The van der Waals surface area contributed by atoms with Crippen molar-refractivity contribution in [2.45, 2.75) is 12.5 Å². The summed E-state index contributed by atoms with van der Waals surface area (Å²) in [6.45, 7) is 0.900. The number of halogens is 1. The number of aliphatic hydroxyl groups excluding tert-OH is 1. The molecule has 17 heavy (non-hydrogen) atoms. The van der Waals surface area contributed by atoms with E-state index in [0.29, 0.717) is 36.2 Å². The van der Waals surface area contributed by atoms with Gasteiger partial charge in [-0.2, -0.15) is 0 Å². The molecule has 1 atom stereocenters. The molecule has 0 fully saturated rings. The van der Waals surface area contributed by atoms with Gasteiger partial charge in [-0.05, 0) is 6.42 Å². The lowest BCUT2D eigenvalue weighted by Gasteiger charge is -2.13. The van der Waals surface area contributed by atoms with Crippen LogP contribution in [0.1, 0.15) is 6.42 Å². The molecule has 96 valence electrons. The van der Waals surface area contributed by atoms with Crippen LogP contribution in [0.15, 0.2) is 6.33 Å². The maximum atomic E-state index is 9.47. The highest BCUT2D eigenvalue weighted by molar-refractivity contribution is 6.32. The van der Waals surface area contributed by atoms with Crippen LogP contribution >= 0.6 is 11.6 Å². The van der Waals surface area contributed by atoms with Crippen molar-refractivity contribution >= 4 is 23.1 Å². The van der Waals surface area contributed by atoms with Crippen LogP contribution in [-0.2, 0) is 4.74 Å². The molecule has 0 radical (unpaired) electrons. The standard InChI is InChI=1S/C10H17ClN4O2/c1-12-8-9(11)14-6-15-10(8)13-4-3-7(16)5-17-2/h6-7,12,16H,3-5H2,1-2H3,(H,13,14,15). The van der Waals surface area contributed by atoms with Gasteiger partial charge in [0.25, 0.3) is 0 Å². The second kappa shape index (κ2) is 7.26. The lowest BCUT2D eigenvalue weighted by molar-refractivity contribution is 0.0615. The number of rotatable bonds is 7. The minimum absolute atomic E-state index is 0.324. The van der Waals surface area contributed by atoms with Crippen molar-refractivity contribution in [2.24, 2.45) is 0 Å². The molecule has 0 aliphatic heterocycles. The third kappa shape index (κ3) is 4.33. The Bertz CT molecular complexity index is 351. The van der Waals surface area contributed by atoms with Crippen molar-refractivity contribution < 1.29 is 9.84 Å². The van der Waals surface area contributed by atoms with Crippen molar-refractivity contribution in [1.29, 1.82) is 0 Å². The van der Waals surface area contributed by atoms with Crippen LogP contribution in [0, 0.1) is 0 Å². The molecule has 0 saturated heterocycles. The molecule has 0 amide bonds. The second-order valence-electron chi connectivity index (χ2n) is 3.46. The summed E-state index contributed by atoms with van der Waals surface area (Å²) in [7, 11) is 3.30.